The summed E-state index contributed by atoms with van der Waals surface area (Å²) in [4.78, 5) is 12.9. The van der Waals surface area contributed by atoms with Crippen LogP contribution in [0.4, 0.5) is 0 Å². The van der Waals surface area contributed by atoms with Crippen molar-refractivity contribution in [3.05, 3.63) is 34.9 Å². The number of ether oxygens (including phenoxy) is 6. The molecule has 35 heavy (non-hydrogen) atoms. The van der Waals surface area contributed by atoms with Crippen LogP contribution in [0.2, 0.25) is 0 Å². The fourth-order valence-corrected chi connectivity index (χ4v) is 4.79. The molecule has 0 aromatic heterocycles. The molecule has 0 amide bonds. The van der Waals surface area contributed by atoms with Crippen LogP contribution in [-0.2, 0) is 16.0 Å². The zero-order chi connectivity index (χ0) is 25.4. The molecule has 4 rings (SSSR count). The number of hydrogen-bond donors (Lipinski definition) is 1. The molecule has 2 aliphatic rings. The van der Waals surface area contributed by atoms with Gasteiger partial charge in [0.05, 0.1) is 21.3 Å². The largest absolute Gasteiger partial charge is 0.504 e. The number of methoxy groups -OCH3 is 3. The van der Waals surface area contributed by atoms with Gasteiger partial charge in [-0.15, -0.1) is 0 Å². The Morgan fingerprint density at radius 2 is 1.77 bits per heavy atom. The lowest BCUT2D eigenvalue weighted by Gasteiger charge is -2.35. The summed E-state index contributed by atoms with van der Waals surface area (Å²) in [6.07, 6.45) is 1.68. The monoisotopic (exact) mass is 484 g/mol. The highest BCUT2D eigenvalue weighted by atomic mass is 16.7. The first kappa shape index (κ1) is 24.6. The van der Waals surface area contributed by atoms with Crippen LogP contribution in [0.3, 0.4) is 0 Å². The second kappa shape index (κ2) is 9.60. The molecule has 0 bridgehead atoms. The Hall–Kier alpha value is -3.55. The van der Waals surface area contributed by atoms with Gasteiger partial charge < -0.3 is 33.5 Å². The van der Waals surface area contributed by atoms with Crippen LogP contribution in [-0.4, -0.2) is 39.2 Å². The number of benzene rings is 2. The Morgan fingerprint density at radius 1 is 1.06 bits per heavy atom. The number of fused-ring (bicyclic) bond motifs is 4. The van der Waals surface area contributed by atoms with E-state index in [0.29, 0.717) is 51.7 Å². The third kappa shape index (κ3) is 4.00. The van der Waals surface area contributed by atoms with E-state index in [9.17, 15) is 9.90 Å². The lowest BCUT2D eigenvalue weighted by Crippen LogP contribution is -2.26. The van der Waals surface area contributed by atoms with E-state index < -0.39 is 12.1 Å². The number of carbonyl (C=O) groups is 1. The van der Waals surface area contributed by atoms with Crippen molar-refractivity contribution in [2.24, 2.45) is 11.8 Å². The minimum absolute atomic E-state index is 0.0352. The number of esters is 1. The normalized spacial score (nSPS) is 20.8. The number of phenolic OH excluding ortho intramolecular Hbond substituents is 1. The van der Waals surface area contributed by atoms with Crippen molar-refractivity contribution in [2.45, 2.75) is 40.2 Å². The first-order valence-corrected chi connectivity index (χ1v) is 11.6. The van der Waals surface area contributed by atoms with Crippen molar-refractivity contribution in [2.75, 3.05) is 28.1 Å². The Labute approximate surface area is 205 Å². The lowest BCUT2D eigenvalue weighted by molar-refractivity contribution is -0.148. The van der Waals surface area contributed by atoms with Crippen LogP contribution in [0.1, 0.15) is 44.9 Å². The van der Waals surface area contributed by atoms with Gasteiger partial charge in [0.15, 0.2) is 23.0 Å². The summed E-state index contributed by atoms with van der Waals surface area (Å²) in [6, 6.07) is 3.69. The highest BCUT2D eigenvalue weighted by molar-refractivity contribution is 5.90. The molecule has 0 spiro atoms. The minimum atomic E-state index is -0.633. The van der Waals surface area contributed by atoms with Crippen molar-refractivity contribution in [1.29, 1.82) is 0 Å². The van der Waals surface area contributed by atoms with E-state index in [1.807, 2.05) is 12.1 Å². The maximum atomic E-state index is 12.9. The number of allylic oxidation sites excluding steroid dienone is 1. The van der Waals surface area contributed by atoms with Crippen molar-refractivity contribution in [3.8, 4) is 45.6 Å². The van der Waals surface area contributed by atoms with Gasteiger partial charge in [0.1, 0.15) is 6.10 Å². The number of hydrogen-bond acceptors (Lipinski definition) is 8. The smallest absolute Gasteiger partial charge is 0.333 e. The van der Waals surface area contributed by atoms with Gasteiger partial charge in [-0.1, -0.05) is 19.9 Å². The maximum Gasteiger partial charge on any atom is 0.333 e. The molecule has 3 atom stereocenters. The lowest BCUT2D eigenvalue weighted by atomic mass is 9.76. The van der Waals surface area contributed by atoms with Crippen LogP contribution in [0.25, 0.3) is 11.1 Å². The highest BCUT2D eigenvalue weighted by Crippen LogP contribution is 2.58. The van der Waals surface area contributed by atoms with Crippen LogP contribution >= 0.6 is 0 Å². The quantitative estimate of drug-likeness (QED) is 0.458. The van der Waals surface area contributed by atoms with Crippen LogP contribution < -0.4 is 23.7 Å². The van der Waals surface area contributed by atoms with E-state index in [4.69, 9.17) is 28.4 Å². The molecule has 1 heterocycles. The summed E-state index contributed by atoms with van der Waals surface area (Å²) in [5, 5.41) is 11.5. The van der Waals surface area contributed by atoms with Gasteiger partial charge in [-0.2, -0.15) is 0 Å². The summed E-state index contributed by atoms with van der Waals surface area (Å²) in [6.45, 7) is 7.71. The average Bonchev–Trinajstić information content (AvgIpc) is 3.33. The SMILES string of the molecule is C/C=C(/C)C(=O)O[C@H]1c2cc3c(c(OC)c2-c2c(cc(OC)c(OC)c2O)C[C@@H](C)[C@H]1C)OCO3. The highest BCUT2D eigenvalue weighted by Gasteiger charge is 2.39. The van der Waals surface area contributed by atoms with Crippen LogP contribution in [0.5, 0.6) is 34.5 Å². The molecule has 1 aliphatic carbocycles. The third-order valence-corrected chi connectivity index (χ3v) is 7.04. The molecule has 0 radical (unpaired) electrons. The molecule has 0 saturated heterocycles. The summed E-state index contributed by atoms with van der Waals surface area (Å²) < 4.78 is 34.4. The predicted octanol–water partition coefficient (Wildman–Crippen LogP) is 5.19. The fraction of sp³-hybridized carbons (Fsp3) is 0.444. The Balaban J connectivity index is 2.09. The molecule has 1 aliphatic heterocycles. The van der Waals surface area contributed by atoms with E-state index in [-0.39, 0.29) is 30.1 Å². The summed E-state index contributed by atoms with van der Waals surface area (Å²) in [5.41, 5.74) is 3.12. The standard InChI is InChI=1S/C27H32O8/c1-8-13(2)27(29)35-23-15(4)14(3)9-16-10-18(30-5)24(31-6)22(28)20(16)21-17(23)11-19-25(26(21)32-7)34-12-33-19/h8,10-11,14-15,23,28H,9,12H2,1-7H3/b13-8-/t14-,15-,23-/m1/s1. The van der Waals surface area contributed by atoms with Crippen LogP contribution in [0.15, 0.2) is 23.8 Å². The van der Waals surface area contributed by atoms with Gasteiger partial charge in [-0.05, 0) is 43.9 Å². The Morgan fingerprint density at radius 3 is 2.40 bits per heavy atom. The van der Waals surface area contributed by atoms with Crippen molar-refractivity contribution in [3.63, 3.8) is 0 Å². The average molecular weight is 485 g/mol. The number of aromatic hydroxyl groups is 1. The molecule has 8 nitrogen and oxygen atoms in total. The first-order valence-electron chi connectivity index (χ1n) is 11.6. The molecular formula is C27H32O8. The van der Waals surface area contributed by atoms with E-state index in [0.717, 1.165) is 5.56 Å². The van der Waals surface area contributed by atoms with Gasteiger partial charge >= 0.3 is 5.97 Å². The van der Waals surface area contributed by atoms with E-state index in [2.05, 4.69) is 13.8 Å². The predicted molar refractivity (Wildman–Crippen MR) is 130 cm³/mol. The number of rotatable bonds is 5. The van der Waals surface area contributed by atoms with Crippen molar-refractivity contribution >= 4 is 5.97 Å². The summed E-state index contributed by atoms with van der Waals surface area (Å²) in [7, 11) is 4.54. The molecule has 0 fully saturated rings. The Kier molecular flexibility index (Phi) is 6.74. The number of phenols is 1. The Bertz CT molecular complexity index is 1180. The van der Waals surface area contributed by atoms with E-state index in [1.165, 1.54) is 21.3 Å². The third-order valence-electron chi connectivity index (χ3n) is 7.04. The van der Waals surface area contributed by atoms with Gasteiger partial charge in [-0.3, -0.25) is 0 Å². The van der Waals surface area contributed by atoms with Gasteiger partial charge in [0.2, 0.25) is 18.3 Å². The first-order chi connectivity index (χ1) is 16.8. The molecule has 2 aromatic rings. The molecular weight excluding hydrogens is 452 g/mol. The van der Waals surface area contributed by atoms with E-state index >= 15 is 0 Å². The molecule has 0 unspecified atom stereocenters. The second-order valence-corrected chi connectivity index (χ2v) is 8.94. The van der Waals surface area contributed by atoms with Gasteiger partial charge in [0, 0.05) is 28.2 Å². The fourth-order valence-electron chi connectivity index (χ4n) is 4.79. The topological polar surface area (TPSA) is 92.7 Å². The number of carbonyl (C=O) groups excluding carboxylic acids is 1. The van der Waals surface area contributed by atoms with Crippen molar-refractivity contribution in [1.82, 2.24) is 0 Å². The zero-order valence-corrected chi connectivity index (χ0v) is 21.2. The van der Waals surface area contributed by atoms with E-state index in [1.54, 1.807) is 19.9 Å². The van der Waals surface area contributed by atoms with Crippen LogP contribution in [0, 0.1) is 11.8 Å². The van der Waals surface area contributed by atoms with Gasteiger partial charge in [-0.25, -0.2) is 4.79 Å². The molecule has 188 valence electrons. The molecule has 2 aromatic carbocycles. The van der Waals surface area contributed by atoms with Crippen molar-refractivity contribution < 1.29 is 38.3 Å². The summed E-state index contributed by atoms with van der Waals surface area (Å²) >= 11 is 0. The van der Waals surface area contributed by atoms with Gasteiger partial charge in [0.25, 0.3) is 0 Å². The summed E-state index contributed by atoms with van der Waals surface area (Å²) in [5.74, 6) is 1.47. The molecule has 1 N–H and O–H groups in total. The second-order valence-electron chi connectivity index (χ2n) is 8.94. The maximum absolute atomic E-state index is 12.9. The molecule has 8 heteroatoms. The zero-order valence-electron chi connectivity index (χ0n) is 21.2. The minimum Gasteiger partial charge on any atom is -0.504 e. The molecule has 0 saturated carbocycles.